The van der Waals surface area contributed by atoms with Gasteiger partial charge in [-0.1, -0.05) is 0 Å². The van der Waals surface area contributed by atoms with Gasteiger partial charge in [0.15, 0.2) is 5.82 Å². The van der Waals surface area contributed by atoms with Crippen LogP contribution in [-0.4, -0.2) is 51.0 Å². The van der Waals surface area contributed by atoms with E-state index in [0.717, 1.165) is 38.2 Å². The standard InChI is InChI=1S/C16H22FN7/c1-23(11-15-19-6-4-14(18)22-15)13-3-2-7-24(8-5-13)16-20-9-12(17)10-21-16/h4,6,9-10,13H,2-3,5,7-8,11H2,1H3,(H2,18,19,22). The molecule has 8 heteroatoms. The van der Waals surface area contributed by atoms with Gasteiger partial charge in [-0.2, -0.15) is 0 Å². The number of hydrogen-bond donors (Lipinski definition) is 1. The van der Waals surface area contributed by atoms with Crippen LogP contribution in [0.15, 0.2) is 24.7 Å². The zero-order valence-corrected chi connectivity index (χ0v) is 13.8. The number of rotatable bonds is 4. The fourth-order valence-corrected chi connectivity index (χ4v) is 3.03. The van der Waals surface area contributed by atoms with Crippen LogP contribution in [-0.2, 0) is 6.54 Å². The highest BCUT2D eigenvalue weighted by Gasteiger charge is 2.22. The topological polar surface area (TPSA) is 84.1 Å². The monoisotopic (exact) mass is 331 g/mol. The van der Waals surface area contributed by atoms with E-state index in [4.69, 9.17) is 5.73 Å². The van der Waals surface area contributed by atoms with Crippen molar-refractivity contribution >= 4 is 11.8 Å². The largest absolute Gasteiger partial charge is 0.384 e. The molecule has 2 aromatic rings. The number of hydrogen-bond acceptors (Lipinski definition) is 7. The smallest absolute Gasteiger partial charge is 0.225 e. The van der Waals surface area contributed by atoms with Crippen molar-refractivity contribution in [1.82, 2.24) is 24.8 Å². The molecule has 1 atom stereocenters. The van der Waals surface area contributed by atoms with Gasteiger partial charge in [-0.3, -0.25) is 4.90 Å². The van der Waals surface area contributed by atoms with Crippen LogP contribution in [0.3, 0.4) is 0 Å². The minimum atomic E-state index is -0.409. The second kappa shape index (κ2) is 7.48. The molecule has 1 aliphatic heterocycles. The average Bonchev–Trinajstić information content (AvgIpc) is 2.82. The second-order valence-corrected chi connectivity index (χ2v) is 6.09. The van der Waals surface area contributed by atoms with Crippen molar-refractivity contribution in [1.29, 1.82) is 0 Å². The van der Waals surface area contributed by atoms with Crippen LogP contribution in [0.5, 0.6) is 0 Å². The number of halogens is 1. The molecule has 128 valence electrons. The van der Waals surface area contributed by atoms with Gasteiger partial charge in [-0.25, -0.2) is 24.3 Å². The third-order valence-corrected chi connectivity index (χ3v) is 4.33. The van der Waals surface area contributed by atoms with Gasteiger partial charge in [-0.05, 0) is 32.4 Å². The van der Waals surface area contributed by atoms with Crippen LogP contribution < -0.4 is 10.6 Å². The first-order valence-corrected chi connectivity index (χ1v) is 8.12. The van der Waals surface area contributed by atoms with Crippen LogP contribution >= 0.6 is 0 Å². The van der Waals surface area contributed by atoms with Crippen LogP contribution in [0.2, 0.25) is 0 Å². The lowest BCUT2D eigenvalue weighted by Gasteiger charge is -2.26. The second-order valence-electron chi connectivity index (χ2n) is 6.09. The maximum Gasteiger partial charge on any atom is 0.225 e. The average molecular weight is 331 g/mol. The summed E-state index contributed by atoms with van der Waals surface area (Å²) in [6.07, 6.45) is 7.22. The molecule has 24 heavy (non-hydrogen) atoms. The molecular weight excluding hydrogens is 309 g/mol. The predicted octanol–water partition coefficient (Wildman–Crippen LogP) is 1.48. The zero-order chi connectivity index (χ0) is 16.9. The van der Waals surface area contributed by atoms with Gasteiger partial charge < -0.3 is 10.6 Å². The first kappa shape index (κ1) is 16.5. The molecule has 0 radical (unpaired) electrons. The highest BCUT2D eigenvalue weighted by molar-refractivity contribution is 5.28. The summed E-state index contributed by atoms with van der Waals surface area (Å²) >= 11 is 0. The zero-order valence-electron chi connectivity index (χ0n) is 13.8. The Morgan fingerprint density at radius 1 is 1.25 bits per heavy atom. The van der Waals surface area contributed by atoms with E-state index in [9.17, 15) is 4.39 Å². The van der Waals surface area contributed by atoms with Crippen molar-refractivity contribution in [3.63, 3.8) is 0 Å². The number of nitrogens with two attached hydrogens (primary N) is 1. The van der Waals surface area contributed by atoms with Crippen molar-refractivity contribution in [3.05, 3.63) is 36.3 Å². The van der Waals surface area contributed by atoms with E-state index < -0.39 is 5.82 Å². The highest BCUT2D eigenvalue weighted by atomic mass is 19.1. The Hall–Kier alpha value is -2.35. The Labute approximate surface area is 140 Å². The van der Waals surface area contributed by atoms with Crippen molar-refractivity contribution in [3.8, 4) is 0 Å². The van der Waals surface area contributed by atoms with E-state index >= 15 is 0 Å². The summed E-state index contributed by atoms with van der Waals surface area (Å²) in [5, 5.41) is 0. The third kappa shape index (κ3) is 4.14. The highest BCUT2D eigenvalue weighted by Crippen LogP contribution is 2.19. The Kier molecular flexibility index (Phi) is 5.14. The molecule has 0 bridgehead atoms. The molecule has 3 rings (SSSR count). The molecule has 0 amide bonds. The van der Waals surface area contributed by atoms with Crippen LogP contribution in [0, 0.1) is 5.82 Å². The summed E-state index contributed by atoms with van der Waals surface area (Å²) in [6.45, 7) is 2.39. The van der Waals surface area contributed by atoms with Crippen molar-refractivity contribution in [2.75, 3.05) is 30.8 Å². The fourth-order valence-electron chi connectivity index (χ4n) is 3.03. The minimum Gasteiger partial charge on any atom is -0.384 e. The van der Waals surface area contributed by atoms with Gasteiger partial charge in [0.1, 0.15) is 11.6 Å². The molecule has 1 unspecified atom stereocenters. The Morgan fingerprint density at radius 3 is 2.79 bits per heavy atom. The lowest BCUT2D eigenvalue weighted by Crippen LogP contribution is -2.33. The normalized spacial score (nSPS) is 18.6. The Morgan fingerprint density at radius 2 is 2.04 bits per heavy atom. The molecule has 0 aliphatic carbocycles. The van der Waals surface area contributed by atoms with E-state index in [1.54, 1.807) is 12.3 Å². The summed E-state index contributed by atoms with van der Waals surface area (Å²) in [5.74, 6) is 1.42. The van der Waals surface area contributed by atoms with Crippen molar-refractivity contribution < 1.29 is 4.39 Å². The van der Waals surface area contributed by atoms with E-state index in [2.05, 4.69) is 36.8 Å². The summed E-state index contributed by atoms with van der Waals surface area (Å²) in [7, 11) is 2.08. The Balaban J connectivity index is 1.59. The van der Waals surface area contributed by atoms with Crippen LogP contribution in [0.25, 0.3) is 0 Å². The predicted molar refractivity (Wildman–Crippen MR) is 89.8 cm³/mol. The number of aromatic nitrogens is 4. The molecular formula is C16H22FN7. The minimum absolute atomic E-state index is 0.409. The van der Waals surface area contributed by atoms with Gasteiger partial charge in [0.05, 0.1) is 18.9 Å². The summed E-state index contributed by atoms with van der Waals surface area (Å²) < 4.78 is 13.0. The van der Waals surface area contributed by atoms with Gasteiger partial charge in [0.25, 0.3) is 0 Å². The Bertz CT molecular complexity index is 664. The first-order chi connectivity index (χ1) is 11.6. The fraction of sp³-hybridized carbons (Fsp3) is 0.500. The molecule has 0 saturated carbocycles. The molecule has 1 saturated heterocycles. The van der Waals surface area contributed by atoms with Gasteiger partial charge in [-0.15, -0.1) is 0 Å². The van der Waals surface area contributed by atoms with Crippen molar-refractivity contribution in [2.45, 2.75) is 31.8 Å². The molecule has 7 nitrogen and oxygen atoms in total. The van der Waals surface area contributed by atoms with Gasteiger partial charge >= 0.3 is 0 Å². The summed E-state index contributed by atoms with van der Waals surface area (Å²) in [5.41, 5.74) is 5.71. The van der Waals surface area contributed by atoms with Gasteiger partial charge in [0.2, 0.25) is 5.95 Å². The number of nitrogens with zero attached hydrogens (tertiary/aromatic N) is 6. The van der Waals surface area contributed by atoms with Crippen LogP contribution in [0.4, 0.5) is 16.2 Å². The lowest BCUT2D eigenvalue weighted by molar-refractivity contribution is 0.212. The van der Waals surface area contributed by atoms with E-state index in [1.807, 2.05) is 0 Å². The molecule has 3 heterocycles. The molecule has 0 spiro atoms. The molecule has 1 aliphatic rings. The quantitative estimate of drug-likeness (QED) is 0.908. The molecule has 1 fully saturated rings. The molecule has 0 aromatic carbocycles. The van der Waals surface area contributed by atoms with E-state index in [1.165, 1.54) is 12.4 Å². The summed E-state index contributed by atoms with van der Waals surface area (Å²) in [6, 6.07) is 2.12. The number of anilines is 2. The van der Waals surface area contributed by atoms with Crippen molar-refractivity contribution in [2.24, 2.45) is 0 Å². The lowest BCUT2D eigenvalue weighted by atomic mass is 10.1. The maximum atomic E-state index is 13.0. The van der Waals surface area contributed by atoms with Crippen LogP contribution in [0.1, 0.15) is 25.1 Å². The van der Waals surface area contributed by atoms with E-state index in [-0.39, 0.29) is 0 Å². The first-order valence-electron chi connectivity index (χ1n) is 8.12. The summed E-state index contributed by atoms with van der Waals surface area (Å²) in [4.78, 5) is 21.1. The van der Waals surface area contributed by atoms with Gasteiger partial charge in [0, 0.05) is 25.3 Å². The third-order valence-electron chi connectivity index (χ3n) is 4.33. The number of nitrogen functional groups attached to an aromatic ring is 1. The molecule has 2 N–H and O–H groups in total. The maximum absolute atomic E-state index is 13.0. The molecule has 2 aromatic heterocycles. The van der Waals surface area contributed by atoms with E-state index in [0.29, 0.717) is 24.4 Å². The SMILES string of the molecule is CN(Cc1nccc(N)n1)C1CCCN(c2ncc(F)cn2)CC1.